The third-order valence-electron chi connectivity index (χ3n) is 2.04. The van der Waals surface area contributed by atoms with Crippen molar-refractivity contribution in [2.45, 2.75) is 5.92 Å². The highest BCUT2D eigenvalue weighted by atomic mass is 16.3. The maximum absolute atomic E-state index is 8.95. The van der Waals surface area contributed by atoms with Crippen LogP contribution in [0, 0.1) is 0 Å². The van der Waals surface area contributed by atoms with Gasteiger partial charge < -0.3 is 5.11 Å². The van der Waals surface area contributed by atoms with Crippen molar-refractivity contribution in [2.75, 3.05) is 6.61 Å². The Kier molecular flexibility index (Phi) is 3.47. The molecule has 0 saturated heterocycles. The fourth-order valence-corrected chi connectivity index (χ4v) is 1.30. The summed E-state index contributed by atoms with van der Waals surface area (Å²) < 4.78 is 0. The van der Waals surface area contributed by atoms with Gasteiger partial charge in [-0.25, -0.2) is 0 Å². The van der Waals surface area contributed by atoms with Gasteiger partial charge in [0, 0.05) is 5.92 Å². The standard InChI is InChI=1S/C12H14O/c1-3-12(10(2)9-13)11-7-5-4-6-8-11/h3-8,12-13H,1-2,9H2. The van der Waals surface area contributed by atoms with Crippen molar-refractivity contribution < 1.29 is 5.11 Å². The summed E-state index contributed by atoms with van der Waals surface area (Å²) in [6, 6.07) is 9.92. The molecule has 1 nitrogen and oxygen atoms in total. The van der Waals surface area contributed by atoms with Gasteiger partial charge in [0.2, 0.25) is 0 Å². The summed E-state index contributed by atoms with van der Waals surface area (Å²) in [5.41, 5.74) is 1.90. The number of aliphatic hydroxyl groups excluding tert-OH is 1. The summed E-state index contributed by atoms with van der Waals surface area (Å²) in [5.74, 6) is 0.0613. The van der Waals surface area contributed by atoms with Crippen LogP contribution in [0.1, 0.15) is 11.5 Å². The van der Waals surface area contributed by atoms with Crippen molar-refractivity contribution in [3.05, 3.63) is 60.7 Å². The van der Waals surface area contributed by atoms with Gasteiger partial charge in [0.05, 0.1) is 6.61 Å². The normalized spacial score (nSPS) is 12.1. The first kappa shape index (κ1) is 9.75. The third kappa shape index (κ3) is 2.30. The van der Waals surface area contributed by atoms with E-state index in [1.54, 1.807) is 6.08 Å². The van der Waals surface area contributed by atoms with Crippen molar-refractivity contribution in [2.24, 2.45) is 0 Å². The van der Waals surface area contributed by atoms with E-state index in [1.165, 1.54) is 0 Å². The van der Waals surface area contributed by atoms with Crippen LogP contribution < -0.4 is 0 Å². The Labute approximate surface area is 79.0 Å². The summed E-state index contributed by atoms with van der Waals surface area (Å²) in [6.07, 6.45) is 1.80. The number of hydrogen-bond donors (Lipinski definition) is 1. The molecule has 1 aromatic rings. The molecule has 1 atom stereocenters. The van der Waals surface area contributed by atoms with Crippen LogP contribution in [0.25, 0.3) is 0 Å². The topological polar surface area (TPSA) is 20.2 Å². The van der Waals surface area contributed by atoms with Gasteiger partial charge in [-0.05, 0) is 11.1 Å². The zero-order valence-corrected chi connectivity index (χ0v) is 7.61. The first-order valence-corrected chi connectivity index (χ1v) is 4.25. The van der Waals surface area contributed by atoms with Crippen LogP contribution in [0.2, 0.25) is 0 Å². The average Bonchev–Trinajstić information content (AvgIpc) is 2.20. The second kappa shape index (κ2) is 4.63. The molecule has 1 unspecified atom stereocenters. The maximum atomic E-state index is 8.95. The van der Waals surface area contributed by atoms with Crippen LogP contribution in [0.4, 0.5) is 0 Å². The molecular weight excluding hydrogens is 160 g/mol. The molecule has 0 aliphatic heterocycles. The molecule has 1 rings (SSSR count). The number of benzene rings is 1. The number of allylic oxidation sites excluding steroid dienone is 1. The molecule has 1 heteroatoms. The van der Waals surface area contributed by atoms with Gasteiger partial charge in [0.1, 0.15) is 0 Å². The first-order chi connectivity index (χ1) is 6.29. The summed E-state index contributed by atoms with van der Waals surface area (Å²) in [7, 11) is 0. The lowest BCUT2D eigenvalue weighted by Gasteiger charge is -2.13. The number of rotatable bonds is 4. The van der Waals surface area contributed by atoms with Crippen molar-refractivity contribution >= 4 is 0 Å². The molecule has 0 fully saturated rings. The molecule has 0 aromatic heterocycles. The monoisotopic (exact) mass is 174 g/mol. The Morgan fingerprint density at radius 3 is 2.46 bits per heavy atom. The van der Waals surface area contributed by atoms with Gasteiger partial charge >= 0.3 is 0 Å². The Morgan fingerprint density at radius 1 is 1.38 bits per heavy atom. The van der Waals surface area contributed by atoms with Crippen molar-refractivity contribution in [3.8, 4) is 0 Å². The predicted octanol–water partition coefficient (Wildman–Crippen LogP) is 2.50. The minimum absolute atomic E-state index is 0.00554. The van der Waals surface area contributed by atoms with Crippen LogP contribution in [-0.4, -0.2) is 11.7 Å². The van der Waals surface area contributed by atoms with Gasteiger partial charge in [-0.1, -0.05) is 43.0 Å². The molecule has 0 saturated carbocycles. The van der Waals surface area contributed by atoms with Gasteiger partial charge in [-0.2, -0.15) is 0 Å². The zero-order chi connectivity index (χ0) is 9.68. The highest BCUT2D eigenvalue weighted by Crippen LogP contribution is 2.23. The Bertz CT molecular complexity index is 287. The largest absolute Gasteiger partial charge is 0.392 e. The molecule has 0 aliphatic rings. The van der Waals surface area contributed by atoms with E-state index < -0.39 is 0 Å². The SMILES string of the molecule is C=CC(C(=C)CO)c1ccccc1. The van der Waals surface area contributed by atoms with E-state index >= 15 is 0 Å². The van der Waals surface area contributed by atoms with E-state index in [0.29, 0.717) is 0 Å². The second-order valence-electron chi connectivity index (χ2n) is 2.94. The molecule has 1 aromatic carbocycles. The fourth-order valence-electron chi connectivity index (χ4n) is 1.30. The minimum atomic E-state index is 0.00554. The fraction of sp³-hybridized carbons (Fsp3) is 0.167. The molecular formula is C12H14O. The molecule has 0 aliphatic carbocycles. The van der Waals surface area contributed by atoms with E-state index in [2.05, 4.69) is 13.2 Å². The Hall–Kier alpha value is -1.34. The van der Waals surface area contributed by atoms with Gasteiger partial charge in [-0.3, -0.25) is 0 Å². The predicted molar refractivity (Wildman–Crippen MR) is 55.6 cm³/mol. The van der Waals surface area contributed by atoms with Gasteiger partial charge in [0.15, 0.2) is 0 Å². The Morgan fingerprint density at radius 2 is 2.00 bits per heavy atom. The van der Waals surface area contributed by atoms with Crippen LogP contribution in [0.5, 0.6) is 0 Å². The molecule has 0 bridgehead atoms. The number of aliphatic hydroxyl groups is 1. The van der Waals surface area contributed by atoms with Crippen molar-refractivity contribution in [3.63, 3.8) is 0 Å². The van der Waals surface area contributed by atoms with Gasteiger partial charge in [-0.15, -0.1) is 6.58 Å². The summed E-state index contributed by atoms with van der Waals surface area (Å²) in [4.78, 5) is 0. The maximum Gasteiger partial charge on any atom is 0.0648 e. The highest BCUT2D eigenvalue weighted by Gasteiger charge is 2.09. The van der Waals surface area contributed by atoms with Crippen LogP contribution in [0.3, 0.4) is 0 Å². The zero-order valence-electron chi connectivity index (χ0n) is 7.61. The van der Waals surface area contributed by atoms with E-state index in [-0.39, 0.29) is 12.5 Å². The van der Waals surface area contributed by atoms with Crippen LogP contribution in [0.15, 0.2) is 55.1 Å². The van der Waals surface area contributed by atoms with Crippen LogP contribution in [-0.2, 0) is 0 Å². The van der Waals surface area contributed by atoms with Crippen molar-refractivity contribution in [1.82, 2.24) is 0 Å². The molecule has 0 radical (unpaired) electrons. The first-order valence-electron chi connectivity index (χ1n) is 4.25. The number of hydrogen-bond acceptors (Lipinski definition) is 1. The van der Waals surface area contributed by atoms with E-state index in [4.69, 9.17) is 5.11 Å². The lowest BCUT2D eigenvalue weighted by atomic mass is 9.93. The summed E-state index contributed by atoms with van der Waals surface area (Å²) in [5, 5.41) is 8.95. The Balaban J connectivity index is 2.91. The second-order valence-corrected chi connectivity index (χ2v) is 2.94. The molecule has 68 valence electrons. The molecule has 0 heterocycles. The third-order valence-corrected chi connectivity index (χ3v) is 2.04. The lowest BCUT2D eigenvalue weighted by molar-refractivity contribution is 0.326. The van der Waals surface area contributed by atoms with E-state index in [9.17, 15) is 0 Å². The average molecular weight is 174 g/mol. The highest BCUT2D eigenvalue weighted by molar-refractivity contribution is 5.32. The lowest BCUT2D eigenvalue weighted by Crippen LogP contribution is -2.01. The van der Waals surface area contributed by atoms with E-state index in [1.807, 2.05) is 30.3 Å². The molecule has 13 heavy (non-hydrogen) atoms. The summed E-state index contributed by atoms with van der Waals surface area (Å²) in [6.45, 7) is 7.54. The minimum Gasteiger partial charge on any atom is -0.392 e. The summed E-state index contributed by atoms with van der Waals surface area (Å²) >= 11 is 0. The van der Waals surface area contributed by atoms with E-state index in [0.717, 1.165) is 11.1 Å². The quantitative estimate of drug-likeness (QED) is 0.695. The molecule has 0 amide bonds. The van der Waals surface area contributed by atoms with Gasteiger partial charge in [0.25, 0.3) is 0 Å². The molecule has 1 N–H and O–H groups in total. The van der Waals surface area contributed by atoms with Crippen molar-refractivity contribution in [1.29, 1.82) is 0 Å². The molecule has 0 spiro atoms. The smallest absolute Gasteiger partial charge is 0.0648 e. The van der Waals surface area contributed by atoms with Crippen LogP contribution >= 0.6 is 0 Å².